The number of nitrogens with one attached hydrogen (secondary N) is 1. The molecule has 2 aromatic carbocycles. The molecule has 3 heteroatoms. The standard InChI is InChI=1S/C15H16N2O/c1-18-15-8-7-12(11-17-10-4-9-16)13-5-2-3-6-14(13)15/h2-3,5-8,17H,4,10-11H2,1H3. The van der Waals surface area contributed by atoms with Crippen LogP contribution in [0.15, 0.2) is 36.4 Å². The third-order valence-corrected chi connectivity index (χ3v) is 2.92. The zero-order chi connectivity index (χ0) is 12.8. The number of nitrogens with zero attached hydrogens (tertiary/aromatic N) is 1. The Kier molecular flexibility index (Phi) is 4.16. The third kappa shape index (κ3) is 2.61. The minimum atomic E-state index is 0.536. The van der Waals surface area contributed by atoms with Gasteiger partial charge in [-0.3, -0.25) is 0 Å². The maximum Gasteiger partial charge on any atom is 0.126 e. The highest BCUT2D eigenvalue weighted by atomic mass is 16.5. The molecule has 2 rings (SSSR count). The second-order valence-electron chi connectivity index (χ2n) is 4.06. The molecule has 0 radical (unpaired) electrons. The number of hydrogen-bond acceptors (Lipinski definition) is 3. The van der Waals surface area contributed by atoms with Crippen LogP contribution in [0, 0.1) is 11.3 Å². The summed E-state index contributed by atoms with van der Waals surface area (Å²) in [6.07, 6.45) is 0.536. The largest absolute Gasteiger partial charge is 0.496 e. The number of rotatable bonds is 5. The molecule has 0 saturated heterocycles. The molecule has 0 saturated carbocycles. The highest BCUT2D eigenvalue weighted by Gasteiger charge is 2.05. The summed E-state index contributed by atoms with van der Waals surface area (Å²) in [5.41, 5.74) is 1.23. The van der Waals surface area contributed by atoms with Gasteiger partial charge in [0.1, 0.15) is 5.75 Å². The lowest BCUT2D eigenvalue weighted by atomic mass is 10.0. The zero-order valence-electron chi connectivity index (χ0n) is 10.4. The van der Waals surface area contributed by atoms with Crippen molar-refractivity contribution in [3.8, 4) is 11.8 Å². The van der Waals surface area contributed by atoms with E-state index in [1.54, 1.807) is 7.11 Å². The van der Waals surface area contributed by atoms with Crippen molar-refractivity contribution >= 4 is 10.8 Å². The smallest absolute Gasteiger partial charge is 0.126 e. The Morgan fingerprint density at radius 2 is 1.94 bits per heavy atom. The molecule has 92 valence electrons. The molecule has 0 bridgehead atoms. The number of benzene rings is 2. The van der Waals surface area contributed by atoms with Gasteiger partial charge in [0.2, 0.25) is 0 Å². The average Bonchev–Trinajstić information content (AvgIpc) is 2.43. The highest BCUT2D eigenvalue weighted by molar-refractivity contribution is 5.91. The fraction of sp³-hybridized carbons (Fsp3) is 0.267. The van der Waals surface area contributed by atoms with Gasteiger partial charge in [0.05, 0.1) is 13.2 Å². The van der Waals surface area contributed by atoms with Crippen LogP contribution in [-0.4, -0.2) is 13.7 Å². The molecule has 0 aromatic heterocycles. The van der Waals surface area contributed by atoms with E-state index in [1.165, 1.54) is 10.9 Å². The molecule has 1 N–H and O–H groups in total. The van der Waals surface area contributed by atoms with E-state index >= 15 is 0 Å². The van der Waals surface area contributed by atoms with Crippen LogP contribution in [0.2, 0.25) is 0 Å². The van der Waals surface area contributed by atoms with Crippen LogP contribution >= 0.6 is 0 Å². The van der Waals surface area contributed by atoms with E-state index in [0.29, 0.717) is 6.42 Å². The van der Waals surface area contributed by atoms with Crippen molar-refractivity contribution in [2.45, 2.75) is 13.0 Å². The van der Waals surface area contributed by atoms with E-state index in [2.05, 4.69) is 29.6 Å². The van der Waals surface area contributed by atoms with Gasteiger partial charge in [-0.05, 0) is 17.0 Å². The van der Waals surface area contributed by atoms with Crippen molar-refractivity contribution in [3.63, 3.8) is 0 Å². The topological polar surface area (TPSA) is 45.0 Å². The number of ether oxygens (including phenoxy) is 1. The van der Waals surface area contributed by atoms with E-state index in [1.807, 2.05) is 18.2 Å². The van der Waals surface area contributed by atoms with Crippen LogP contribution in [0.1, 0.15) is 12.0 Å². The van der Waals surface area contributed by atoms with Gasteiger partial charge in [-0.2, -0.15) is 5.26 Å². The van der Waals surface area contributed by atoms with Crippen LogP contribution < -0.4 is 10.1 Å². The normalized spacial score (nSPS) is 10.2. The summed E-state index contributed by atoms with van der Waals surface area (Å²) in [6.45, 7) is 1.49. The van der Waals surface area contributed by atoms with Gasteiger partial charge in [-0.1, -0.05) is 30.3 Å². The molecule has 18 heavy (non-hydrogen) atoms. The fourth-order valence-corrected chi connectivity index (χ4v) is 2.03. The lowest BCUT2D eigenvalue weighted by molar-refractivity contribution is 0.419. The molecule has 0 fully saturated rings. The van der Waals surface area contributed by atoms with Gasteiger partial charge in [0.25, 0.3) is 0 Å². The van der Waals surface area contributed by atoms with Crippen LogP contribution in [0.5, 0.6) is 5.75 Å². The Morgan fingerprint density at radius 1 is 1.17 bits per heavy atom. The predicted octanol–water partition coefficient (Wildman–Crippen LogP) is 2.85. The van der Waals surface area contributed by atoms with Crippen molar-refractivity contribution in [1.29, 1.82) is 5.26 Å². The molecule has 0 aliphatic carbocycles. The Morgan fingerprint density at radius 3 is 2.67 bits per heavy atom. The van der Waals surface area contributed by atoms with Crippen molar-refractivity contribution in [3.05, 3.63) is 42.0 Å². The van der Waals surface area contributed by atoms with Gasteiger partial charge in [-0.15, -0.1) is 0 Å². The van der Waals surface area contributed by atoms with E-state index in [9.17, 15) is 0 Å². The predicted molar refractivity (Wildman–Crippen MR) is 72.4 cm³/mol. The second-order valence-corrected chi connectivity index (χ2v) is 4.06. The molecule has 0 unspecified atom stereocenters. The molecule has 0 aliphatic heterocycles. The van der Waals surface area contributed by atoms with E-state index < -0.39 is 0 Å². The highest BCUT2D eigenvalue weighted by Crippen LogP contribution is 2.28. The zero-order valence-corrected chi connectivity index (χ0v) is 10.4. The van der Waals surface area contributed by atoms with Crippen molar-refractivity contribution in [1.82, 2.24) is 5.32 Å². The van der Waals surface area contributed by atoms with Crippen LogP contribution in [0.25, 0.3) is 10.8 Å². The van der Waals surface area contributed by atoms with Gasteiger partial charge in [0.15, 0.2) is 0 Å². The number of fused-ring (bicyclic) bond motifs is 1. The molecule has 0 atom stereocenters. The Bertz CT molecular complexity index is 572. The van der Waals surface area contributed by atoms with Gasteiger partial charge in [-0.25, -0.2) is 0 Å². The van der Waals surface area contributed by atoms with E-state index in [0.717, 1.165) is 24.2 Å². The molecular weight excluding hydrogens is 224 g/mol. The summed E-state index contributed by atoms with van der Waals surface area (Å²) in [5.74, 6) is 0.895. The summed E-state index contributed by atoms with van der Waals surface area (Å²) >= 11 is 0. The first kappa shape index (κ1) is 12.4. The van der Waals surface area contributed by atoms with Crippen LogP contribution in [0.3, 0.4) is 0 Å². The lowest BCUT2D eigenvalue weighted by Crippen LogP contribution is -2.14. The van der Waals surface area contributed by atoms with Gasteiger partial charge >= 0.3 is 0 Å². The Hall–Kier alpha value is -2.05. The van der Waals surface area contributed by atoms with Crippen molar-refractivity contribution in [2.24, 2.45) is 0 Å². The Balaban J connectivity index is 2.26. The minimum absolute atomic E-state index is 0.536. The van der Waals surface area contributed by atoms with Crippen molar-refractivity contribution < 1.29 is 4.74 Å². The molecule has 0 heterocycles. The van der Waals surface area contributed by atoms with E-state index in [4.69, 9.17) is 10.00 Å². The maximum absolute atomic E-state index is 8.50. The molecule has 0 aliphatic rings. The van der Waals surface area contributed by atoms with Gasteiger partial charge < -0.3 is 10.1 Å². The number of nitriles is 1. The summed E-state index contributed by atoms with van der Waals surface area (Å²) in [4.78, 5) is 0. The number of hydrogen-bond donors (Lipinski definition) is 1. The first-order valence-corrected chi connectivity index (χ1v) is 5.99. The lowest BCUT2D eigenvalue weighted by Gasteiger charge is -2.10. The molecule has 0 spiro atoms. The monoisotopic (exact) mass is 240 g/mol. The number of methoxy groups -OCH3 is 1. The van der Waals surface area contributed by atoms with E-state index in [-0.39, 0.29) is 0 Å². The third-order valence-electron chi connectivity index (χ3n) is 2.92. The Labute approximate surface area is 107 Å². The summed E-state index contributed by atoms with van der Waals surface area (Å²) in [7, 11) is 1.69. The van der Waals surface area contributed by atoms with Crippen molar-refractivity contribution in [2.75, 3.05) is 13.7 Å². The molecule has 0 amide bonds. The first-order valence-electron chi connectivity index (χ1n) is 5.99. The maximum atomic E-state index is 8.50. The minimum Gasteiger partial charge on any atom is -0.496 e. The molecular formula is C15H16N2O. The molecule has 2 aromatic rings. The second kappa shape index (κ2) is 6.04. The first-order chi connectivity index (χ1) is 8.86. The summed E-state index contributed by atoms with van der Waals surface area (Å²) in [6, 6.07) is 14.4. The average molecular weight is 240 g/mol. The summed E-state index contributed by atoms with van der Waals surface area (Å²) < 4.78 is 5.36. The summed E-state index contributed by atoms with van der Waals surface area (Å²) in [5, 5.41) is 14.1. The van der Waals surface area contributed by atoms with Gasteiger partial charge in [0, 0.05) is 24.9 Å². The van der Waals surface area contributed by atoms with Crippen LogP contribution in [-0.2, 0) is 6.54 Å². The van der Waals surface area contributed by atoms with Crippen LogP contribution in [0.4, 0.5) is 0 Å². The molecule has 3 nitrogen and oxygen atoms in total. The quantitative estimate of drug-likeness (QED) is 0.817. The fourth-order valence-electron chi connectivity index (χ4n) is 2.03. The SMILES string of the molecule is COc1ccc(CNCCC#N)c2ccccc12.